The van der Waals surface area contributed by atoms with Gasteiger partial charge in [0.25, 0.3) is 5.92 Å². The Morgan fingerprint density at radius 3 is 2.67 bits per heavy atom. The van der Waals surface area contributed by atoms with E-state index in [1.807, 2.05) is 0 Å². The van der Waals surface area contributed by atoms with Gasteiger partial charge in [-0.15, -0.1) is 0 Å². The molecule has 2 aromatic rings. The maximum Gasteiger partial charge on any atom is 0.281 e. The third kappa shape index (κ3) is 3.38. The summed E-state index contributed by atoms with van der Waals surface area (Å²) in [6.45, 7) is 8.31. The van der Waals surface area contributed by atoms with Crippen molar-refractivity contribution in [2.24, 2.45) is 0 Å². The first-order valence-electron chi connectivity index (χ1n) is 7.89. The molecular formula is C18H14F3NO4S. The number of nitrogens with zero attached hydrogens (tertiary/aromatic N) is 1. The summed E-state index contributed by atoms with van der Waals surface area (Å²) in [5.41, 5.74) is -0.603. The maximum absolute atomic E-state index is 14.1. The van der Waals surface area contributed by atoms with Crippen LogP contribution in [0.15, 0.2) is 35.2 Å². The van der Waals surface area contributed by atoms with E-state index in [1.54, 1.807) is 0 Å². The van der Waals surface area contributed by atoms with E-state index in [0.717, 1.165) is 18.2 Å². The van der Waals surface area contributed by atoms with Crippen LogP contribution in [0.25, 0.3) is 4.85 Å². The van der Waals surface area contributed by atoms with Crippen molar-refractivity contribution in [1.82, 2.24) is 0 Å². The zero-order chi connectivity index (χ0) is 20.0. The highest BCUT2D eigenvalue weighted by atomic mass is 32.2. The molecule has 5 nitrogen and oxygen atoms in total. The zero-order valence-corrected chi connectivity index (χ0v) is 14.9. The lowest BCUT2D eigenvalue weighted by Gasteiger charge is -2.16. The molecule has 0 fully saturated rings. The molecule has 0 saturated heterocycles. The topological polar surface area (TPSA) is 68.0 Å². The van der Waals surface area contributed by atoms with E-state index < -0.39 is 39.7 Å². The van der Waals surface area contributed by atoms with Crippen LogP contribution in [0.1, 0.15) is 24.2 Å². The molecule has 0 heterocycles. The molecule has 1 N–H and O–H groups in total. The molecule has 0 saturated carbocycles. The minimum absolute atomic E-state index is 0.0443. The number of halogens is 3. The van der Waals surface area contributed by atoms with E-state index in [-0.39, 0.29) is 33.4 Å². The van der Waals surface area contributed by atoms with Gasteiger partial charge in [-0.3, -0.25) is 0 Å². The van der Waals surface area contributed by atoms with Crippen molar-refractivity contribution >= 4 is 15.5 Å². The van der Waals surface area contributed by atoms with Gasteiger partial charge in [0.1, 0.15) is 23.4 Å². The third-order valence-electron chi connectivity index (χ3n) is 4.29. The molecule has 1 atom stereocenters. The van der Waals surface area contributed by atoms with Gasteiger partial charge in [0.05, 0.1) is 17.2 Å². The fourth-order valence-electron chi connectivity index (χ4n) is 2.97. The number of hydrogen-bond acceptors (Lipinski definition) is 4. The molecule has 2 aromatic carbocycles. The number of aliphatic hydroxyl groups is 1. The maximum atomic E-state index is 14.1. The first kappa shape index (κ1) is 19.2. The predicted molar refractivity (Wildman–Crippen MR) is 90.5 cm³/mol. The summed E-state index contributed by atoms with van der Waals surface area (Å²) in [5.74, 6) is -4.86. The molecule has 3 rings (SSSR count). The van der Waals surface area contributed by atoms with Crippen molar-refractivity contribution in [3.8, 4) is 11.5 Å². The number of rotatable bonds is 4. The molecule has 27 heavy (non-hydrogen) atoms. The summed E-state index contributed by atoms with van der Waals surface area (Å²) < 4.78 is 71.7. The van der Waals surface area contributed by atoms with E-state index in [9.17, 15) is 26.7 Å². The Kier molecular flexibility index (Phi) is 4.66. The van der Waals surface area contributed by atoms with Crippen LogP contribution in [0.4, 0.5) is 18.9 Å². The van der Waals surface area contributed by atoms with Crippen molar-refractivity contribution in [3.05, 3.63) is 58.7 Å². The highest BCUT2D eigenvalue weighted by Crippen LogP contribution is 2.49. The molecular weight excluding hydrogens is 383 g/mol. The second-order valence-electron chi connectivity index (χ2n) is 6.06. The Morgan fingerprint density at radius 2 is 2.04 bits per heavy atom. The number of ether oxygens (including phenoxy) is 1. The Hall–Kier alpha value is -2.57. The summed E-state index contributed by atoms with van der Waals surface area (Å²) in [7, 11) is -3.86. The SMILES string of the molecule is [C-]#[N+]c1cc(F)cc(Oc2ccc(S(=O)(=O)CC)c3c2CC(F)(F)C3O)c1. The minimum Gasteiger partial charge on any atom is -0.458 e. The number of hydrogen-bond donors (Lipinski definition) is 1. The van der Waals surface area contributed by atoms with E-state index in [1.165, 1.54) is 19.1 Å². The van der Waals surface area contributed by atoms with Crippen LogP contribution in [-0.2, 0) is 16.3 Å². The van der Waals surface area contributed by atoms with Crippen LogP contribution in [0.5, 0.6) is 11.5 Å². The molecule has 0 spiro atoms. The van der Waals surface area contributed by atoms with Gasteiger partial charge in [0.2, 0.25) is 0 Å². The molecule has 142 valence electrons. The first-order chi connectivity index (χ1) is 12.6. The number of alkyl halides is 2. The molecule has 1 aliphatic rings. The first-order valence-corrected chi connectivity index (χ1v) is 9.54. The quantitative estimate of drug-likeness (QED) is 0.786. The lowest BCUT2D eigenvalue weighted by atomic mass is 10.1. The summed E-state index contributed by atoms with van der Waals surface area (Å²) >= 11 is 0. The lowest BCUT2D eigenvalue weighted by Crippen LogP contribution is -2.22. The fraction of sp³-hybridized carbons (Fsp3) is 0.278. The van der Waals surface area contributed by atoms with Crippen LogP contribution in [0, 0.1) is 12.4 Å². The number of aliphatic hydroxyl groups excluding tert-OH is 1. The molecule has 0 radical (unpaired) electrons. The Bertz CT molecular complexity index is 1060. The molecule has 0 bridgehead atoms. The summed E-state index contributed by atoms with van der Waals surface area (Å²) in [6.07, 6.45) is -3.21. The molecule has 0 amide bonds. The van der Waals surface area contributed by atoms with Crippen LogP contribution in [0.3, 0.4) is 0 Å². The minimum atomic E-state index is -3.86. The van der Waals surface area contributed by atoms with Gasteiger partial charge >= 0.3 is 0 Å². The van der Waals surface area contributed by atoms with Gasteiger partial charge < -0.3 is 9.84 Å². The van der Waals surface area contributed by atoms with Gasteiger partial charge in [0.15, 0.2) is 15.5 Å². The van der Waals surface area contributed by atoms with Crippen molar-refractivity contribution in [2.45, 2.75) is 30.3 Å². The van der Waals surface area contributed by atoms with Crippen LogP contribution in [0.2, 0.25) is 0 Å². The van der Waals surface area contributed by atoms with Crippen LogP contribution >= 0.6 is 0 Å². The van der Waals surface area contributed by atoms with Crippen molar-refractivity contribution in [2.75, 3.05) is 5.75 Å². The standard InChI is InChI=1S/C18H14F3NO4S/c1-3-27(24,25)15-5-4-14(13-9-18(20,21)17(23)16(13)15)26-12-7-10(19)6-11(8-12)22-2/h4-8,17,23H,3,9H2,1H3. The number of benzene rings is 2. The van der Waals surface area contributed by atoms with E-state index in [2.05, 4.69) is 4.85 Å². The predicted octanol–water partition coefficient (Wildman–Crippen LogP) is 4.19. The van der Waals surface area contributed by atoms with Gasteiger partial charge in [-0.2, -0.15) is 0 Å². The summed E-state index contributed by atoms with van der Waals surface area (Å²) in [4.78, 5) is 2.71. The highest BCUT2D eigenvalue weighted by Gasteiger charge is 2.50. The van der Waals surface area contributed by atoms with Gasteiger partial charge in [-0.1, -0.05) is 6.92 Å². The molecule has 0 aliphatic heterocycles. The van der Waals surface area contributed by atoms with Gasteiger partial charge in [-0.05, 0) is 24.3 Å². The Labute approximate surface area is 153 Å². The molecule has 1 aliphatic carbocycles. The Balaban J connectivity index is 2.15. The highest BCUT2D eigenvalue weighted by molar-refractivity contribution is 7.91. The van der Waals surface area contributed by atoms with E-state index in [0.29, 0.717) is 0 Å². The molecule has 9 heteroatoms. The number of sulfone groups is 1. The van der Waals surface area contributed by atoms with Crippen molar-refractivity contribution < 1.29 is 31.4 Å². The Morgan fingerprint density at radius 1 is 1.33 bits per heavy atom. The van der Waals surface area contributed by atoms with Crippen LogP contribution in [-0.4, -0.2) is 25.2 Å². The number of fused-ring (bicyclic) bond motifs is 1. The average molecular weight is 397 g/mol. The lowest BCUT2D eigenvalue weighted by molar-refractivity contribution is -0.0976. The van der Waals surface area contributed by atoms with E-state index in [4.69, 9.17) is 11.3 Å². The summed E-state index contributed by atoms with van der Waals surface area (Å²) in [5, 5.41) is 10.00. The molecule has 0 aromatic heterocycles. The average Bonchev–Trinajstić information content (AvgIpc) is 2.85. The molecule has 1 unspecified atom stereocenters. The fourth-order valence-corrected chi connectivity index (χ4v) is 4.13. The third-order valence-corrected chi connectivity index (χ3v) is 6.07. The smallest absolute Gasteiger partial charge is 0.281 e. The van der Waals surface area contributed by atoms with Crippen LogP contribution < -0.4 is 4.74 Å². The second kappa shape index (κ2) is 6.55. The summed E-state index contributed by atoms with van der Waals surface area (Å²) in [6, 6.07) is 5.47. The normalized spacial score (nSPS) is 18.0. The monoisotopic (exact) mass is 397 g/mol. The second-order valence-corrected chi connectivity index (χ2v) is 8.30. The largest absolute Gasteiger partial charge is 0.458 e. The van der Waals surface area contributed by atoms with Gasteiger partial charge in [0, 0.05) is 23.6 Å². The zero-order valence-electron chi connectivity index (χ0n) is 14.0. The van der Waals surface area contributed by atoms with E-state index >= 15 is 0 Å². The van der Waals surface area contributed by atoms with Gasteiger partial charge in [-0.25, -0.2) is 26.4 Å². The van der Waals surface area contributed by atoms with Crippen molar-refractivity contribution in [1.29, 1.82) is 0 Å². The van der Waals surface area contributed by atoms with Crippen molar-refractivity contribution in [3.63, 3.8) is 0 Å².